The number of amides is 1. The minimum absolute atomic E-state index is 0.157. The van der Waals surface area contributed by atoms with Gasteiger partial charge in [-0.05, 0) is 54.4 Å². The highest BCUT2D eigenvalue weighted by Crippen LogP contribution is 2.25. The monoisotopic (exact) mass is 433 g/mol. The average molecular weight is 434 g/mol. The number of halogens is 1. The molecule has 0 saturated carbocycles. The van der Waals surface area contributed by atoms with Crippen molar-refractivity contribution < 1.29 is 9.53 Å². The number of para-hydroxylation sites is 2. The fraction of sp³-hybridized carbons (Fsp3) is 0.200. The molecule has 31 heavy (non-hydrogen) atoms. The van der Waals surface area contributed by atoms with Gasteiger partial charge in [-0.25, -0.2) is 4.98 Å². The van der Waals surface area contributed by atoms with Gasteiger partial charge in [0.25, 0.3) is 5.91 Å². The highest BCUT2D eigenvalue weighted by Gasteiger charge is 2.22. The van der Waals surface area contributed by atoms with Gasteiger partial charge in [-0.3, -0.25) is 4.79 Å². The third-order valence-corrected chi connectivity index (χ3v) is 5.55. The van der Waals surface area contributed by atoms with Crippen LogP contribution in [0, 0.1) is 0 Å². The normalized spacial score (nSPS) is 12.0. The first-order valence-electron chi connectivity index (χ1n) is 10.2. The van der Waals surface area contributed by atoms with Crippen molar-refractivity contribution in [2.24, 2.45) is 0 Å². The Bertz CT molecular complexity index is 1200. The summed E-state index contributed by atoms with van der Waals surface area (Å²) in [5.74, 6) is 1.32. The summed E-state index contributed by atoms with van der Waals surface area (Å²) in [5.41, 5.74) is 3.60. The first-order valence-corrected chi connectivity index (χ1v) is 10.6. The number of nitrogens with zero attached hydrogens (tertiary/aromatic N) is 2. The van der Waals surface area contributed by atoms with Crippen LogP contribution in [0.4, 0.5) is 0 Å². The summed E-state index contributed by atoms with van der Waals surface area (Å²) in [6.07, 6.45) is 0.708. The lowest BCUT2D eigenvalue weighted by Gasteiger charge is -2.19. The van der Waals surface area contributed by atoms with E-state index in [1.54, 1.807) is 19.2 Å². The zero-order valence-corrected chi connectivity index (χ0v) is 18.3. The van der Waals surface area contributed by atoms with Crippen LogP contribution in [0.5, 0.6) is 5.75 Å². The summed E-state index contributed by atoms with van der Waals surface area (Å²) in [5, 5.41) is 3.85. The van der Waals surface area contributed by atoms with E-state index in [1.807, 2.05) is 61.5 Å². The van der Waals surface area contributed by atoms with E-state index in [0.717, 1.165) is 22.4 Å². The first kappa shape index (κ1) is 20.9. The molecule has 0 aliphatic rings. The third kappa shape index (κ3) is 4.57. The molecule has 0 radical (unpaired) electrons. The number of imidazole rings is 1. The number of fused-ring (bicyclic) bond motifs is 1. The molecule has 3 aromatic carbocycles. The lowest BCUT2D eigenvalue weighted by molar-refractivity contribution is 0.0932. The molecule has 0 aliphatic heterocycles. The summed E-state index contributed by atoms with van der Waals surface area (Å²) >= 11 is 6.05. The van der Waals surface area contributed by atoms with Crippen molar-refractivity contribution in [3.8, 4) is 5.75 Å². The van der Waals surface area contributed by atoms with Crippen LogP contribution < -0.4 is 10.1 Å². The number of methoxy groups -OCH3 is 1. The Balaban J connectivity index is 1.69. The van der Waals surface area contributed by atoms with Gasteiger partial charge in [-0.2, -0.15) is 0 Å². The van der Waals surface area contributed by atoms with Crippen LogP contribution in [0.25, 0.3) is 11.0 Å². The number of hydrogen-bond donors (Lipinski definition) is 1. The Hall–Kier alpha value is -3.31. The van der Waals surface area contributed by atoms with Crippen molar-refractivity contribution in [2.75, 3.05) is 7.11 Å². The van der Waals surface area contributed by atoms with Gasteiger partial charge in [-0.15, -0.1) is 0 Å². The number of hydrogen-bond acceptors (Lipinski definition) is 3. The number of nitrogens with one attached hydrogen (secondary N) is 1. The van der Waals surface area contributed by atoms with Crippen LogP contribution in [0.1, 0.15) is 41.1 Å². The highest BCUT2D eigenvalue weighted by molar-refractivity contribution is 6.30. The molecule has 0 spiro atoms. The molecule has 6 heteroatoms. The Morgan fingerprint density at radius 3 is 2.61 bits per heavy atom. The standard InChI is InChI=1S/C25H24ClN3O2/c1-3-21(28-25(30)18-7-6-8-20(15-18)31-2)24-27-22-9-4-5-10-23(22)29(24)16-17-11-13-19(26)14-12-17/h4-15,21H,3,16H2,1-2H3,(H,28,30). The summed E-state index contributed by atoms with van der Waals surface area (Å²) in [7, 11) is 1.59. The number of ether oxygens (including phenoxy) is 1. The van der Waals surface area contributed by atoms with Gasteiger partial charge in [0.1, 0.15) is 11.6 Å². The van der Waals surface area contributed by atoms with E-state index in [4.69, 9.17) is 21.3 Å². The molecule has 4 rings (SSSR count). The van der Waals surface area contributed by atoms with E-state index >= 15 is 0 Å². The largest absolute Gasteiger partial charge is 0.497 e. The lowest BCUT2D eigenvalue weighted by atomic mass is 10.1. The zero-order valence-electron chi connectivity index (χ0n) is 17.5. The second-order valence-electron chi connectivity index (χ2n) is 7.34. The predicted octanol–water partition coefficient (Wildman–Crippen LogP) is 5.63. The van der Waals surface area contributed by atoms with Crippen LogP contribution in [-0.2, 0) is 6.54 Å². The van der Waals surface area contributed by atoms with Gasteiger partial charge < -0.3 is 14.6 Å². The summed E-state index contributed by atoms with van der Waals surface area (Å²) in [6, 6.07) is 22.7. The molecule has 5 nitrogen and oxygen atoms in total. The van der Waals surface area contributed by atoms with Gasteiger partial charge in [0.15, 0.2) is 0 Å². The molecule has 0 aliphatic carbocycles. The van der Waals surface area contributed by atoms with E-state index in [0.29, 0.717) is 29.3 Å². The molecule has 1 N–H and O–H groups in total. The van der Waals surface area contributed by atoms with Crippen LogP contribution in [0.2, 0.25) is 5.02 Å². The van der Waals surface area contributed by atoms with Crippen LogP contribution >= 0.6 is 11.6 Å². The first-order chi connectivity index (χ1) is 15.1. The molecular weight excluding hydrogens is 410 g/mol. The van der Waals surface area contributed by atoms with E-state index in [2.05, 4.69) is 16.0 Å². The Labute approximate surface area is 186 Å². The quantitative estimate of drug-likeness (QED) is 0.411. The van der Waals surface area contributed by atoms with Gasteiger partial charge in [0.05, 0.1) is 24.2 Å². The van der Waals surface area contributed by atoms with Gasteiger partial charge in [0, 0.05) is 17.1 Å². The highest BCUT2D eigenvalue weighted by atomic mass is 35.5. The van der Waals surface area contributed by atoms with Crippen molar-refractivity contribution in [1.29, 1.82) is 0 Å². The van der Waals surface area contributed by atoms with Crippen molar-refractivity contribution in [2.45, 2.75) is 25.9 Å². The maximum absolute atomic E-state index is 13.0. The van der Waals surface area contributed by atoms with E-state index in [1.165, 1.54) is 0 Å². The number of benzene rings is 3. The predicted molar refractivity (Wildman–Crippen MR) is 124 cm³/mol. The molecule has 0 bridgehead atoms. The minimum atomic E-state index is -0.238. The molecule has 4 aromatic rings. The van der Waals surface area contributed by atoms with Crippen molar-refractivity contribution in [3.63, 3.8) is 0 Å². The number of carbonyl (C=O) groups is 1. The number of rotatable bonds is 7. The third-order valence-electron chi connectivity index (χ3n) is 5.30. The maximum Gasteiger partial charge on any atom is 0.252 e. The second kappa shape index (κ2) is 9.23. The number of aromatic nitrogens is 2. The Morgan fingerprint density at radius 1 is 1.10 bits per heavy atom. The fourth-order valence-corrected chi connectivity index (χ4v) is 3.78. The molecule has 0 saturated heterocycles. The average Bonchev–Trinajstić information content (AvgIpc) is 3.17. The molecule has 0 fully saturated rings. The van der Waals surface area contributed by atoms with Gasteiger partial charge in [-0.1, -0.05) is 48.9 Å². The van der Waals surface area contributed by atoms with E-state index < -0.39 is 0 Å². The minimum Gasteiger partial charge on any atom is -0.497 e. The summed E-state index contributed by atoms with van der Waals surface area (Å²) in [6.45, 7) is 2.68. The Morgan fingerprint density at radius 2 is 1.87 bits per heavy atom. The molecule has 1 unspecified atom stereocenters. The molecule has 1 aromatic heterocycles. The van der Waals surface area contributed by atoms with Crippen molar-refractivity contribution in [3.05, 3.63) is 94.8 Å². The Kier molecular flexibility index (Phi) is 6.23. The van der Waals surface area contributed by atoms with Crippen LogP contribution in [-0.4, -0.2) is 22.6 Å². The van der Waals surface area contributed by atoms with E-state index in [9.17, 15) is 4.79 Å². The van der Waals surface area contributed by atoms with Crippen LogP contribution in [0.15, 0.2) is 72.8 Å². The van der Waals surface area contributed by atoms with Crippen molar-refractivity contribution in [1.82, 2.24) is 14.9 Å². The second-order valence-corrected chi connectivity index (χ2v) is 7.77. The van der Waals surface area contributed by atoms with Crippen LogP contribution in [0.3, 0.4) is 0 Å². The zero-order chi connectivity index (χ0) is 21.8. The topological polar surface area (TPSA) is 56.1 Å². The molecular formula is C25H24ClN3O2. The summed E-state index contributed by atoms with van der Waals surface area (Å²) in [4.78, 5) is 17.8. The molecule has 1 amide bonds. The SMILES string of the molecule is CCC(NC(=O)c1cccc(OC)c1)c1nc2ccccc2n1Cc1ccc(Cl)cc1. The molecule has 1 heterocycles. The van der Waals surface area contributed by atoms with E-state index in [-0.39, 0.29) is 11.9 Å². The van der Waals surface area contributed by atoms with Gasteiger partial charge >= 0.3 is 0 Å². The van der Waals surface area contributed by atoms with Crippen molar-refractivity contribution >= 4 is 28.5 Å². The molecule has 158 valence electrons. The lowest BCUT2D eigenvalue weighted by Crippen LogP contribution is -2.30. The smallest absolute Gasteiger partial charge is 0.252 e. The maximum atomic E-state index is 13.0. The number of carbonyl (C=O) groups excluding carboxylic acids is 1. The fourth-order valence-electron chi connectivity index (χ4n) is 3.65. The van der Waals surface area contributed by atoms with Gasteiger partial charge in [0.2, 0.25) is 0 Å². The molecule has 1 atom stereocenters. The summed E-state index contributed by atoms with van der Waals surface area (Å²) < 4.78 is 7.41.